The Kier molecular flexibility index (Phi) is 7.54. The number of nitrogen functional groups attached to an aromatic ring is 1. The van der Waals surface area contributed by atoms with Crippen LogP contribution in [0.4, 0.5) is 10.2 Å². The Labute approximate surface area is 249 Å². The fraction of sp³-hybridized carbons (Fsp3) is 0.344. The predicted molar refractivity (Wildman–Crippen MR) is 160 cm³/mol. The quantitative estimate of drug-likeness (QED) is 0.209. The molecule has 2 fully saturated rings. The minimum atomic E-state index is -0.534. The summed E-state index contributed by atoms with van der Waals surface area (Å²) >= 11 is 0. The van der Waals surface area contributed by atoms with Gasteiger partial charge in [0.05, 0.1) is 18.0 Å². The number of halogens is 1. The van der Waals surface area contributed by atoms with Crippen LogP contribution in [0.5, 0.6) is 11.5 Å². The normalized spacial score (nSPS) is 17.8. The lowest BCUT2D eigenvalue weighted by Gasteiger charge is -2.25. The number of anilines is 1. The molecule has 2 aromatic carbocycles. The van der Waals surface area contributed by atoms with E-state index in [1.54, 1.807) is 39.9 Å². The van der Waals surface area contributed by atoms with E-state index in [0.29, 0.717) is 41.3 Å². The van der Waals surface area contributed by atoms with Crippen molar-refractivity contribution in [2.75, 3.05) is 12.3 Å². The van der Waals surface area contributed by atoms with E-state index in [1.165, 1.54) is 12.4 Å². The summed E-state index contributed by atoms with van der Waals surface area (Å²) in [6.07, 6.45) is 6.46. The Hall–Kier alpha value is -4.82. The van der Waals surface area contributed by atoms with Crippen LogP contribution in [0, 0.1) is 17.1 Å². The van der Waals surface area contributed by atoms with Gasteiger partial charge in [-0.3, -0.25) is 4.79 Å². The molecule has 1 atom stereocenters. The lowest BCUT2D eigenvalue weighted by molar-refractivity contribution is -0.127. The van der Waals surface area contributed by atoms with Crippen LogP contribution in [-0.4, -0.2) is 54.7 Å². The molecule has 3 N–H and O–H groups in total. The fourth-order valence-corrected chi connectivity index (χ4v) is 5.83. The number of aromatic nitrogens is 4. The van der Waals surface area contributed by atoms with Gasteiger partial charge in [0.15, 0.2) is 5.65 Å². The van der Waals surface area contributed by atoms with E-state index < -0.39 is 5.82 Å². The number of benzene rings is 2. The first-order valence-electron chi connectivity index (χ1n) is 14.5. The summed E-state index contributed by atoms with van der Waals surface area (Å²) in [4.78, 5) is 23.9. The van der Waals surface area contributed by atoms with Gasteiger partial charge in [0, 0.05) is 29.8 Å². The molecule has 1 saturated carbocycles. The number of rotatable bonds is 9. The van der Waals surface area contributed by atoms with Crippen LogP contribution in [0.3, 0.4) is 0 Å². The second kappa shape index (κ2) is 11.5. The Morgan fingerprint density at radius 1 is 1.23 bits per heavy atom. The van der Waals surface area contributed by atoms with Crippen molar-refractivity contribution < 1.29 is 13.9 Å². The molecule has 220 valence electrons. The van der Waals surface area contributed by atoms with Gasteiger partial charge in [0.25, 0.3) is 5.91 Å². The van der Waals surface area contributed by atoms with Gasteiger partial charge in [-0.25, -0.2) is 19.0 Å². The minimum Gasteiger partial charge on any atom is -0.457 e. The molecular weight excluding hydrogens is 547 g/mol. The van der Waals surface area contributed by atoms with Crippen molar-refractivity contribution in [3.05, 3.63) is 72.3 Å². The number of hydrogen-bond acceptors (Lipinski definition) is 8. The third kappa shape index (κ3) is 5.79. The third-order valence-electron chi connectivity index (χ3n) is 7.89. The summed E-state index contributed by atoms with van der Waals surface area (Å²) in [5.74, 6) is 0.298. The lowest BCUT2D eigenvalue weighted by Crippen LogP contribution is -2.40. The molecule has 0 bridgehead atoms. The predicted octanol–water partition coefficient (Wildman–Crippen LogP) is 4.98. The van der Waals surface area contributed by atoms with Crippen molar-refractivity contribution in [3.8, 4) is 28.8 Å². The van der Waals surface area contributed by atoms with Crippen molar-refractivity contribution in [2.45, 2.75) is 63.7 Å². The second-order valence-corrected chi connectivity index (χ2v) is 11.5. The highest BCUT2D eigenvalue weighted by Crippen LogP contribution is 2.39. The van der Waals surface area contributed by atoms with E-state index in [0.717, 1.165) is 25.7 Å². The van der Waals surface area contributed by atoms with Gasteiger partial charge in [-0.15, -0.1) is 0 Å². The number of hydrogen-bond donors (Lipinski definition) is 2. The van der Waals surface area contributed by atoms with Gasteiger partial charge in [-0.2, -0.15) is 10.4 Å². The number of fused-ring (bicyclic) bond motifs is 1. The lowest BCUT2D eigenvalue weighted by atomic mass is 10.1. The largest absolute Gasteiger partial charge is 0.457 e. The molecule has 2 aliphatic rings. The fourth-order valence-electron chi connectivity index (χ4n) is 5.83. The van der Waals surface area contributed by atoms with Crippen molar-refractivity contribution in [3.63, 3.8) is 0 Å². The number of nitrogens with one attached hydrogen (secondary N) is 1. The van der Waals surface area contributed by atoms with Crippen LogP contribution < -0.4 is 15.8 Å². The molecule has 0 radical (unpaired) electrons. The maximum atomic E-state index is 15.5. The van der Waals surface area contributed by atoms with Crippen LogP contribution in [0.25, 0.3) is 22.3 Å². The van der Waals surface area contributed by atoms with Crippen LogP contribution >= 0.6 is 0 Å². The highest BCUT2D eigenvalue weighted by Gasteiger charge is 2.42. The number of nitrogens with zero attached hydrogens (tertiary/aromatic N) is 6. The monoisotopic (exact) mass is 580 g/mol. The van der Waals surface area contributed by atoms with Crippen molar-refractivity contribution in [2.24, 2.45) is 0 Å². The number of amides is 1. The number of nitrogens with two attached hydrogens (primary N) is 1. The van der Waals surface area contributed by atoms with E-state index in [9.17, 15) is 10.1 Å². The maximum Gasteiger partial charge on any atom is 0.264 e. The number of carbonyl (C=O) groups excluding carboxylic acids is 1. The Morgan fingerprint density at radius 3 is 2.72 bits per heavy atom. The summed E-state index contributed by atoms with van der Waals surface area (Å²) < 4.78 is 23.0. The second-order valence-electron chi connectivity index (χ2n) is 11.5. The molecule has 2 aromatic heterocycles. The molecule has 11 heteroatoms. The third-order valence-corrected chi connectivity index (χ3v) is 7.89. The zero-order valence-corrected chi connectivity index (χ0v) is 24.1. The van der Waals surface area contributed by atoms with Crippen molar-refractivity contribution in [1.29, 1.82) is 5.26 Å². The average molecular weight is 581 g/mol. The van der Waals surface area contributed by atoms with Crippen molar-refractivity contribution in [1.82, 2.24) is 30.0 Å². The molecule has 1 aliphatic carbocycles. The van der Waals surface area contributed by atoms with E-state index in [2.05, 4.69) is 35.2 Å². The molecule has 4 aromatic rings. The topological polar surface area (TPSA) is 135 Å². The van der Waals surface area contributed by atoms with Gasteiger partial charge in [0.1, 0.15) is 46.8 Å². The zero-order valence-electron chi connectivity index (χ0n) is 24.1. The number of likely N-dealkylation sites (tertiary alicyclic amines) is 1. The standard InChI is InChI=1S/C32H33FN8O2/c1-20(2)38-32(12-13-32)16-21(17-34)31(42)40-14-6-7-22(40)18-41-30-27(29(35)36-19-37-30)28(39-41)25-11-10-24(15-26(25)33)43-23-8-4-3-5-9-23/h3-5,8-11,15-16,19-20,22,38H,6-7,12-14,18H2,1-2H3,(H2,35,36,37)/b21-16+/t22-/m0/s1. The first kappa shape index (κ1) is 28.3. The van der Waals surface area contributed by atoms with Gasteiger partial charge < -0.3 is 20.7 Å². The van der Waals surface area contributed by atoms with Crippen molar-refractivity contribution >= 4 is 22.8 Å². The summed E-state index contributed by atoms with van der Waals surface area (Å²) in [6, 6.07) is 15.9. The van der Waals surface area contributed by atoms with Crippen LogP contribution in [-0.2, 0) is 11.3 Å². The number of carbonyl (C=O) groups is 1. The molecule has 43 heavy (non-hydrogen) atoms. The molecule has 10 nitrogen and oxygen atoms in total. The number of para-hydroxylation sites is 1. The number of ether oxygens (including phenoxy) is 1. The molecule has 1 amide bonds. The average Bonchev–Trinajstić information content (AvgIpc) is 3.39. The Balaban J connectivity index is 1.29. The van der Waals surface area contributed by atoms with E-state index in [1.807, 2.05) is 18.2 Å². The van der Waals surface area contributed by atoms with Gasteiger partial charge in [-0.05, 0) is 56.0 Å². The highest BCUT2D eigenvalue weighted by atomic mass is 19.1. The van der Waals surface area contributed by atoms with E-state index in [4.69, 9.17) is 15.6 Å². The van der Waals surface area contributed by atoms with Crippen LogP contribution in [0.1, 0.15) is 39.5 Å². The van der Waals surface area contributed by atoms with E-state index in [-0.39, 0.29) is 40.5 Å². The minimum absolute atomic E-state index is 0.148. The first-order chi connectivity index (χ1) is 20.8. The molecular formula is C32H33FN8O2. The highest BCUT2D eigenvalue weighted by molar-refractivity contribution is 5.99. The van der Waals surface area contributed by atoms with Crippen LogP contribution in [0.2, 0.25) is 0 Å². The Morgan fingerprint density at radius 2 is 2.02 bits per heavy atom. The van der Waals surface area contributed by atoms with Gasteiger partial charge >= 0.3 is 0 Å². The maximum absolute atomic E-state index is 15.5. The Bertz CT molecular complexity index is 1740. The summed E-state index contributed by atoms with van der Waals surface area (Å²) in [6.45, 7) is 4.95. The van der Waals surface area contributed by atoms with E-state index >= 15 is 4.39 Å². The SMILES string of the molecule is CC(C)NC1(/C=C(\C#N)C(=O)N2CCC[C@H]2Cn2nc(-c3ccc(Oc4ccccc4)cc3F)c3c(N)ncnc32)CC1. The zero-order chi connectivity index (χ0) is 30.1. The molecule has 1 aliphatic heterocycles. The van der Waals surface area contributed by atoms with Gasteiger partial charge in [-0.1, -0.05) is 32.0 Å². The molecule has 6 rings (SSSR count). The molecule has 0 unspecified atom stereocenters. The molecule has 1 saturated heterocycles. The number of nitriles is 1. The smallest absolute Gasteiger partial charge is 0.264 e. The van der Waals surface area contributed by atoms with Gasteiger partial charge in [0.2, 0.25) is 0 Å². The first-order valence-corrected chi connectivity index (χ1v) is 14.5. The molecule has 0 spiro atoms. The molecule has 3 heterocycles. The summed E-state index contributed by atoms with van der Waals surface area (Å²) in [7, 11) is 0. The summed E-state index contributed by atoms with van der Waals surface area (Å²) in [5, 5.41) is 18.6. The van der Waals surface area contributed by atoms with Crippen LogP contribution in [0.15, 0.2) is 66.5 Å². The summed E-state index contributed by atoms with van der Waals surface area (Å²) in [5.41, 5.74) is 7.10.